The van der Waals surface area contributed by atoms with Crippen LogP contribution in [0.15, 0.2) is 0 Å². The summed E-state index contributed by atoms with van der Waals surface area (Å²) in [5, 5.41) is 3.06. The zero-order chi connectivity index (χ0) is 13.1. The summed E-state index contributed by atoms with van der Waals surface area (Å²) < 4.78 is 39.6. The summed E-state index contributed by atoms with van der Waals surface area (Å²) in [6.45, 7) is 7.53. The first-order valence-electron chi connectivity index (χ1n) is 6.07. The molecule has 0 aliphatic heterocycles. The minimum Gasteiger partial charge on any atom is -0.371 e. The molecule has 0 aromatic rings. The average Bonchev–Trinajstić information content (AvgIpc) is 2.26. The third kappa shape index (κ3) is 11.9. The molecule has 0 radical (unpaired) electrons. The lowest BCUT2D eigenvalue weighted by atomic mass is 10.3. The first kappa shape index (κ1) is 16.7. The third-order valence-corrected chi connectivity index (χ3v) is 2.41. The number of ether oxygens (including phenoxy) is 1. The van der Waals surface area contributed by atoms with Gasteiger partial charge in [-0.05, 0) is 32.6 Å². The fraction of sp³-hybridized carbons (Fsp3) is 1.00. The number of nitrogens with zero attached hydrogens (tertiary/aromatic N) is 1. The molecule has 0 aliphatic rings. The topological polar surface area (TPSA) is 24.5 Å². The van der Waals surface area contributed by atoms with Crippen molar-refractivity contribution in [2.45, 2.75) is 26.4 Å². The second-order valence-electron chi connectivity index (χ2n) is 3.80. The zero-order valence-electron chi connectivity index (χ0n) is 10.6. The summed E-state index contributed by atoms with van der Waals surface area (Å²) in [6.07, 6.45) is -3.22. The Morgan fingerprint density at radius 3 is 2.29 bits per heavy atom. The highest BCUT2D eigenvalue weighted by Crippen LogP contribution is 2.13. The van der Waals surface area contributed by atoms with Crippen molar-refractivity contribution in [1.82, 2.24) is 10.2 Å². The lowest BCUT2D eigenvalue weighted by Gasteiger charge is -2.17. The maximum Gasteiger partial charge on any atom is 0.411 e. The quantitative estimate of drug-likeness (QED) is 0.604. The van der Waals surface area contributed by atoms with Crippen molar-refractivity contribution in [1.29, 1.82) is 0 Å². The van der Waals surface area contributed by atoms with Gasteiger partial charge in [-0.3, -0.25) is 0 Å². The van der Waals surface area contributed by atoms with Gasteiger partial charge < -0.3 is 15.0 Å². The van der Waals surface area contributed by atoms with Gasteiger partial charge in [0, 0.05) is 6.54 Å². The van der Waals surface area contributed by atoms with Gasteiger partial charge >= 0.3 is 6.18 Å². The molecule has 0 heterocycles. The minimum absolute atomic E-state index is 0.102. The Labute approximate surface area is 101 Å². The Kier molecular flexibility index (Phi) is 9.49. The number of nitrogens with one attached hydrogen (secondary N) is 1. The second-order valence-corrected chi connectivity index (χ2v) is 3.80. The lowest BCUT2D eigenvalue weighted by Crippen LogP contribution is -2.29. The average molecular weight is 256 g/mol. The molecule has 0 saturated carbocycles. The molecule has 0 unspecified atom stereocenters. The van der Waals surface area contributed by atoms with Gasteiger partial charge in [0.05, 0.1) is 6.61 Å². The van der Waals surface area contributed by atoms with E-state index in [9.17, 15) is 13.2 Å². The van der Waals surface area contributed by atoms with E-state index in [0.29, 0.717) is 6.54 Å². The highest BCUT2D eigenvalue weighted by Gasteiger charge is 2.27. The van der Waals surface area contributed by atoms with E-state index in [2.05, 4.69) is 28.8 Å². The molecule has 0 aromatic heterocycles. The number of halogens is 3. The maximum absolute atomic E-state index is 11.7. The van der Waals surface area contributed by atoms with E-state index in [-0.39, 0.29) is 6.61 Å². The number of rotatable bonds is 10. The number of alkyl halides is 3. The Bertz CT molecular complexity index is 173. The Hall–Kier alpha value is -0.330. The van der Waals surface area contributed by atoms with Gasteiger partial charge in [0.25, 0.3) is 0 Å². The molecule has 0 rings (SSSR count). The summed E-state index contributed by atoms with van der Waals surface area (Å²) in [5.74, 6) is 0. The van der Waals surface area contributed by atoms with E-state index in [1.54, 1.807) is 0 Å². The van der Waals surface area contributed by atoms with Gasteiger partial charge in [0.15, 0.2) is 0 Å². The first-order valence-corrected chi connectivity index (χ1v) is 6.07. The van der Waals surface area contributed by atoms with Crippen molar-refractivity contribution in [3.05, 3.63) is 0 Å². The van der Waals surface area contributed by atoms with E-state index < -0.39 is 12.8 Å². The van der Waals surface area contributed by atoms with E-state index in [1.807, 2.05) is 0 Å². The predicted molar refractivity (Wildman–Crippen MR) is 62.1 cm³/mol. The fourth-order valence-electron chi connectivity index (χ4n) is 1.42. The Balaban J connectivity index is 3.19. The minimum atomic E-state index is -4.22. The summed E-state index contributed by atoms with van der Waals surface area (Å²) >= 11 is 0. The molecule has 0 amide bonds. The van der Waals surface area contributed by atoms with Crippen LogP contribution in [-0.2, 0) is 4.74 Å². The maximum atomic E-state index is 11.7. The molecular weight excluding hydrogens is 233 g/mol. The molecular formula is C11H23F3N2O. The van der Waals surface area contributed by atoms with Gasteiger partial charge in [-0.1, -0.05) is 13.8 Å². The molecule has 0 atom stereocenters. The highest BCUT2D eigenvalue weighted by molar-refractivity contribution is 4.55. The largest absolute Gasteiger partial charge is 0.411 e. The van der Waals surface area contributed by atoms with Crippen LogP contribution in [0, 0.1) is 0 Å². The van der Waals surface area contributed by atoms with Crippen molar-refractivity contribution < 1.29 is 17.9 Å². The van der Waals surface area contributed by atoms with E-state index in [1.165, 1.54) is 0 Å². The van der Waals surface area contributed by atoms with Crippen molar-refractivity contribution >= 4 is 0 Å². The molecule has 0 saturated heterocycles. The van der Waals surface area contributed by atoms with E-state index in [0.717, 1.165) is 32.6 Å². The van der Waals surface area contributed by atoms with Gasteiger partial charge in [-0.2, -0.15) is 13.2 Å². The number of hydrogen-bond acceptors (Lipinski definition) is 3. The molecule has 0 fully saturated rings. The SMILES string of the molecule is CCN(CC)CCCNCCOCC(F)(F)F. The predicted octanol–water partition coefficient (Wildman–Crippen LogP) is 1.89. The fourth-order valence-corrected chi connectivity index (χ4v) is 1.42. The Morgan fingerprint density at radius 2 is 1.76 bits per heavy atom. The summed E-state index contributed by atoms with van der Waals surface area (Å²) in [7, 11) is 0. The van der Waals surface area contributed by atoms with Crippen LogP contribution in [0.3, 0.4) is 0 Å². The summed E-state index contributed by atoms with van der Waals surface area (Å²) in [6, 6.07) is 0. The molecule has 6 heteroatoms. The Morgan fingerprint density at radius 1 is 1.12 bits per heavy atom. The van der Waals surface area contributed by atoms with Gasteiger partial charge in [0.2, 0.25) is 0 Å². The van der Waals surface area contributed by atoms with Crippen LogP contribution < -0.4 is 5.32 Å². The molecule has 17 heavy (non-hydrogen) atoms. The standard InChI is InChI=1S/C11H23F3N2O/c1-3-16(4-2)8-5-6-15-7-9-17-10-11(12,13)14/h15H,3-10H2,1-2H3. The van der Waals surface area contributed by atoms with Crippen LogP contribution in [0.2, 0.25) is 0 Å². The lowest BCUT2D eigenvalue weighted by molar-refractivity contribution is -0.173. The highest BCUT2D eigenvalue weighted by atomic mass is 19.4. The van der Waals surface area contributed by atoms with Crippen LogP contribution in [0.4, 0.5) is 13.2 Å². The molecule has 104 valence electrons. The third-order valence-electron chi connectivity index (χ3n) is 2.41. The zero-order valence-corrected chi connectivity index (χ0v) is 10.6. The molecule has 1 N–H and O–H groups in total. The van der Waals surface area contributed by atoms with E-state index in [4.69, 9.17) is 0 Å². The van der Waals surface area contributed by atoms with Gasteiger partial charge in [-0.25, -0.2) is 0 Å². The smallest absolute Gasteiger partial charge is 0.371 e. The second kappa shape index (κ2) is 9.67. The van der Waals surface area contributed by atoms with Gasteiger partial charge in [0.1, 0.15) is 6.61 Å². The molecule has 0 aromatic carbocycles. The molecule has 3 nitrogen and oxygen atoms in total. The van der Waals surface area contributed by atoms with Crippen molar-refractivity contribution in [3.63, 3.8) is 0 Å². The molecule has 0 spiro atoms. The van der Waals surface area contributed by atoms with Crippen molar-refractivity contribution in [2.24, 2.45) is 0 Å². The van der Waals surface area contributed by atoms with Crippen LogP contribution in [0.25, 0.3) is 0 Å². The summed E-state index contributed by atoms with van der Waals surface area (Å²) in [5.41, 5.74) is 0. The normalized spacial score (nSPS) is 12.4. The molecule has 0 aliphatic carbocycles. The van der Waals surface area contributed by atoms with Crippen LogP contribution in [0.1, 0.15) is 20.3 Å². The van der Waals surface area contributed by atoms with E-state index >= 15 is 0 Å². The van der Waals surface area contributed by atoms with Crippen LogP contribution in [0.5, 0.6) is 0 Å². The van der Waals surface area contributed by atoms with Gasteiger partial charge in [-0.15, -0.1) is 0 Å². The first-order chi connectivity index (χ1) is 7.99. The van der Waals surface area contributed by atoms with Crippen molar-refractivity contribution in [2.75, 3.05) is 45.9 Å². The molecule has 0 bridgehead atoms. The monoisotopic (exact) mass is 256 g/mol. The van der Waals surface area contributed by atoms with Crippen LogP contribution >= 0.6 is 0 Å². The van der Waals surface area contributed by atoms with Crippen molar-refractivity contribution in [3.8, 4) is 0 Å². The number of hydrogen-bond donors (Lipinski definition) is 1. The summed E-state index contributed by atoms with van der Waals surface area (Å²) in [4.78, 5) is 2.31. The van der Waals surface area contributed by atoms with Crippen LogP contribution in [-0.4, -0.2) is 57.0 Å².